The number of likely N-dealkylation sites (tertiary alicyclic amines) is 1. The van der Waals surface area contributed by atoms with E-state index in [0.717, 1.165) is 26.2 Å². The molecule has 0 aliphatic carbocycles. The Morgan fingerprint density at radius 1 is 1.36 bits per heavy atom. The maximum atomic E-state index is 12.7. The minimum Gasteiger partial charge on any atom is -0.469 e. The van der Waals surface area contributed by atoms with Gasteiger partial charge in [0.15, 0.2) is 0 Å². The topological polar surface area (TPSA) is 63.7 Å². The van der Waals surface area contributed by atoms with Crippen molar-refractivity contribution in [3.05, 3.63) is 41.6 Å². The van der Waals surface area contributed by atoms with Gasteiger partial charge in [-0.25, -0.2) is 0 Å². The van der Waals surface area contributed by atoms with Gasteiger partial charge >= 0.3 is 0 Å². The molecule has 2 fully saturated rings. The lowest BCUT2D eigenvalue weighted by molar-refractivity contribution is 0.0483. The molecule has 0 saturated carbocycles. The van der Waals surface area contributed by atoms with Crippen molar-refractivity contribution in [3.8, 4) is 0 Å². The van der Waals surface area contributed by atoms with Crippen LogP contribution in [-0.4, -0.2) is 64.4 Å². The second-order valence-corrected chi connectivity index (χ2v) is 7.03. The Morgan fingerprint density at radius 2 is 2.24 bits per heavy atom. The van der Waals surface area contributed by atoms with Crippen LogP contribution in [0.15, 0.2) is 29.1 Å². The molecule has 1 amide bonds. The average molecular weight is 344 g/mol. The van der Waals surface area contributed by atoms with Gasteiger partial charge in [-0.3, -0.25) is 14.4 Å². The van der Waals surface area contributed by atoms with Crippen LogP contribution in [0.25, 0.3) is 0 Å². The van der Waals surface area contributed by atoms with Gasteiger partial charge in [-0.05, 0) is 13.0 Å². The van der Waals surface area contributed by atoms with Crippen molar-refractivity contribution in [2.75, 3.05) is 32.8 Å². The lowest BCUT2D eigenvalue weighted by Crippen LogP contribution is -2.33. The van der Waals surface area contributed by atoms with Gasteiger partial charge in [0, 0.05) is 57.4 Å². The van der Waals surface area contributed by atoms with Crippen molar-refractivity contribution in [2.45, 2.75) is 19.6 Å². The molecular formula is C18H24N4O3. The van der Waals surface area contributed by atoms with E-state index in [0.29, 0.717) is 30.4 Å². The maximum Gasteiger partial charge on any atom is 0.257 e. The van der Waals surface area contributed by atoms with Gasteiger partial charge in [-0.2, -0.15) is 5.10 Å². The molecule has 0 radical (unpaired) electrons. The number of nitrogens with zero attached hydrogens (tertiary/aromatic N) is 4. The quantitative estimate of drug-likeness (QED) is 0.840. The largest absolute Gasteiger partial charge is 0.469 e. The van der Waals surface area contributed by atoms with Crippen molar-refractivity contribution in [3.63, 3.8) is 0 Å². The molecule has 7 nitrogen and oxygen atoms in total. The summed E-state index contributed by atoms with van der Waals surface area (Å²) >= 11 is 0. The molecular weight excluding hydrogens is 320 g/mol. The third-order valence-corrected chi connectivity index (χ3v) is 5.15. The van der Waals surface area contributed by atoms with Crippen LogP contribution in [0, 0.1) is 12.8 Å². The predicted molar refractivity (Wildman–Crippen MR) is 91.1 cm³/mol. The fraction of sp³-hybridized carbons (Fsp3) is 0.556. The number of ether oxygens (including phenoxy) is 1. The minimum atomic E-state index is 0.0433. The number of hydrogen-bond acceptors (Lipinski definition) is 5. The van der Waals surface area contributed by atoms with Crippen LogP contribution in [0.3, 0.4) is 0 Å². The van der Waals surface area contributed by atoms with Crippen LogP contribution in [0.4, 0.5) is 0 Å². The molecule has 4 rings (SSSR count). The van der Waals surface area contributed by atoms with Crippen molar-refractivity contribution in [2.24, 2.45) is 13.0 Å². The summed E-state index contributed by atoms with van der Waals surface area (Å²) in [6.07, 6.45) is 5.66. The van der Waals surface area contributed by atoms with E-state index in [-0.39, 0.29) is 12.0 Å². The number of carbonyl (C=O) groups is 1. The molecule has 25 heavy (non-hydrogen) atoms. The van der Waals surface area contributed by atoms with Crippen molar-refractivity contribution >= 4 is 5.91 Å². The Hall–Kier alpha value is -2.12. The van der Waals surface area contributed by atoms with E-state index >= 15 is 0 Å². The molecule has 0 bridgehead atoms. The van der Waals surface area contributed by atoms with E-state index < -0.39 is 0 Å². The van der Waals surface area contributed by atoms with E-state index in [1.54, 1.807) is 12.3 Å². The third-order valence-electron chi connectivity index (χ3n) is 5.15. The van der Waals surface area contributed by atoms with Crippen LogP contribution in [0.1, 0.15) is 21.7 Å². The number of hydrogen-bond donors (Lipinski definition) is 0. The number of fused-ring (bicyclic) bond motifs is 1. The van der Waals surface area contributed by atoms with Gasteiger partial charge in [0.05, 0.1) is 30.7 Å². The summed E-state index contributed by atoms with van der Waals surface area (Å²) in [5, 5.41) is 4.24. The van der Waals surface area contributed by atoms with E-state index in [4.69, 9.17) is 9.15 Å². The molecule has 2 aliphatic rings. The van der Waals surface area contributed by atoms with Crippen molar-refractivity contribution in [1.82, 2.24) is 19.6 Å². The van der Waals surface area contributed by atoms with E-state index in [2.05, 4.69) is 16.2 Å². The van der Waals surface area contributed by atoms with Gasteiger partial charge in [-0.1, -0.05) is 0 Å². The Kier molecular flexibility index (Phi) is 4.35. The average Bonchev–Trinajstić information content (AvgIpc) is 3.26. The first-order chi connectivity index (χ1) is 12.1. The van der Waals surface area contributed by atoms with Gasteiger partial charge in [0.1, 0.15) is 5.76 Å². The highest BCUT2D eigenvalue weighted by atomic mass is 16.5. The summed E-state index contributed by atoms with van der Waals surface area (Å²) in [6, 6.07) is 1.75. The van der Waals surface area contributed by atoms with E-state index in [1.807, 2.05) is 29.7 Å². The van der Waals surface area contributed by atoms with Crippen LogP contribution in [-0.2, 0) is 18.3 Å². The number of amides is 1. The van der Waals surface area contributed by atoms with E-state index in [1.165, 1.54) is 5.56 Å². The highest BCUT2D eigenvalue weighted by Crippen LogP contribution is 2.26. The first-order valence-electron chi connectivity index (χ1n) is 8.75. The molecule has 2 aliphatic heterocycles. The number of rotatable bonds is 3. The zero-order chi connectivity index (χ0) is 17.4. The normalized spacial score (nSPS) is 24.3. The number of aryl methyl sites for hydroxylation is 2. The molecule has 2 saturated heterocycles. The lowest BCUT2D eigenvalue weighted by atomic mass is 10.1. The Balaban J connectivity index is 1.42. The van der Waals surface area contributed by atoms with Crippen LogP contribution < -0.4 is 0 Å². The molecule has 2 aromatic heterocycles. The molecule has 2 atom stereocenters. The smallest absolute Gasteiger partial charge is 0.257 e. The first kappa shape index (κ1) is 16.4. The van der Waals surface area contributed by atoms with Crippen LogP contribution in [0.5, 0.6) is 0 Å². The first-order valence-corrected chi connectivity index (χ1v) is 8.75. The molecule has 0 aromatic carbocycles. The predicted octanol–water partition coefficient (Wildman–Crippen LogP) is 1.29. The number of furan rings is 1. The molecule has 0 unspecified atom stereocenters. The lowest BCUT2D eigenvalue weighted by Gasteiger charge is -2.22. The zero-order valence-electron chi connectivity index (χ0n) is 14.7. The monoisotopic (exact) mass is 344 g/mol. The van der Waals surface area contributed by atoms with Crippen LogP contribution >= 0.6 is 0 Å². The van der Waals surface area contributed by atoms with Crippen molar-refractivity contribution < 1.29 is 13.9 Å². The highest BCUT2D eigenvalue weighted by Gasteiger charge is 2.39. The summed E-state index contributed by atoms with van der Waals surface area (Å²) in [5.74, 6) is 1.06. The van der Waals surface area contributed by atoms with E-state index in [9.17, 15) is 4.79 Å². The second-order valence-electron chi connectivity index (χ2n) is 7.03. The van der Waals surface area contributed by atoms with Gasteiger partial charge in [0.2, 0.25) is 0 Å². The van der Waals surface area contributed by atoms with Crippen molar-refractivity contribution in [1.29, 1.82) is 0 Å². The third kappa shape index (κ3) is 3.34. The second kappa shape index (κ2) is 6.65. The minimum absolute atomic E-state index is 0.0433. The molecule has 7 heteroatoms. The van der Waals surface area contributed by atoms with Gasteiger partial charge < -0.3 is 14.1 Å². The summed E-state index contributed by atoms with van der Waals surface area (Å²) < 4.78 is 13.2. The summed E-state index contributed by atoms with van der Waals surface area (Å²) in [6.45, 7) is 6.65. The highest BCUT2D eigenvalue weighted by molar-refractivity contribution is 5.95. The zero-order valence-corrected chi connectivity index (χ0v) is 14.7. The summed E-state index contributed by atoms with van der Waals surface area (Å²) in [5.41, 5.74) is 1.87. The molecule has 2 aromatic rings. The Labute approximate surface area is 147 Å². The number of carbonyl (C=O) groups excluding carboxylic acids is 1. The number of aromatic nitrogens is 2. The summed E-state index contributed by atoms with van der Waals surface area (Å²) in [4.78, 5) is 17.0. The van der Waals surface area contributed by atoms with Crippen LogP contribution in [0.2, 0.25) is 0 Å². The molecule has 134 valence electrons. The maximum absolute atomic E-state index is 12.7. The molecule has 0 spiro atoms. The summed E-state index contributed by atoms with van der Waals surface area (Å²) in [7, 11) is 1.93. The van der Waals surface area contributed by atoms with Gasteiger partial charge in [-0.15, -0.1) is 0 Å². The van der Waals surface area contributed by atoms with Gasteiger partial charge in [0.25, 0.3) is 5.91 Å². The standard InChI is InChI=1S/C18H24N4O3/c1-13-16(3-5-24-13)18(23)22-11-15-10-21(4-6-25-17(15)12-22)9-14-7-19-20(2)8-14/h3,5,7-8,15,17H,4,6,9-12H2,1-2H3/t15-,17+/m1/s1. The molecule has 0 N–H and O–H groups in total. The SMILES string of the molecule is Cc1occc1C(=O)N1C[C@H]2CN(Cc3cnn(C)c3)CCO[C@H]2C1. The fourth-order valence-electron chi connectivity index (χ4n) is 3.86. The Bertz CT molecular complexity index is 753. The Morgan fingerprint density at radius 3 is 2.96 bits per heavy atom. The fourth-order valence-corrected chi connectivity index (χ4v) is 3.86. The molecule has 4 heterocycles.